The molecule has 1 saturated carbocycles. The summed E-state index contributed by atoms with van der Waals surface area (Å²) in [4.78, 5) is 15.6. The second kappa shape index (κ2) is 6.74. The molecule has 3 nitrogen and oxygen atoms in total. The van der Waals surface area contributed by atoms with E-state index in [-0.39, 0.29) is 18.7 Å². The molecule has 0 radical (unpaired) electrons. The van der Waals surface area contributed by atoms with Gasteiger partial charge in [-0.3, -0.25) is 9.78 Å². The maximum Gasteiger partial charge on any atom is 0.391 e. The number of pyridine rings is 1. The summed E-state index contributed by atoms with van der Waals surface area (Å²) < 4.78 is 38.1. The van der Waals surface area contributed by atoms with Crippen molar-refractivity contribution in [1.29, 1.82) is 0 Å². The van der Waals surface area contributed by atoms with Gasteiger partial charge in [0.2, 0.25) is 5.91 Å². The Morgan fingerprint density at radius 2 is 2.00 bits per heavy atom. The van der Waals surface area contributed by atoms with Crippen LogP contribution in [0.1, 0.15) is 31.2 Å². The van der Waals surface area contributed by atoms with Crippen LogP contribution in [0, 0.1) is 5.92 Å². The lowest BCUT2D eigenvalue weighted by molar-refractivity contribution is -0.184. The van der Waals surface area contributed by atoms with Gasteiger partial charge in [0.25, 0.3) is 0 Å². The SMILES string of the molecule is O=C(/C=C/c1ccncc1)NC1CCCC(C(F)(F)F)C1. The Hall–Kier alpha value is -1.85. The van der Waals surface area contributed by atoms with Gasteiger partial charge in [-0.25, -0.2) is 0 Å². The van der Waals surface area contributed by atoms with E-state index in [4.69, 9.17) is 0 Å². The van der Waals surface area contributed by atoms with E-state index < -0.39 is 18.1 Å². The van der Waals surface area contributed by atoms with Gasteiger partial charge in [0.1, 0.15) is 0 Å². The highest BCUT2D eigenvalue weighted by Crippen LogP contribution is 2.37. The third-order valence-electron chi connectivity index (χ3n) is 3.62. The van der Waals surface area contributed by atoms with Crippen LogP contribution in [-0.2, 0) is 4.79 Å². The topological polar surface area (TPSA) is 42.0 Å². The molecule has 2 unspecified atom stereocenters. The number of hydrogen-bond acceptors (Lipinski definition) is 2. The predicted octanol–water partition coefficient (Wildman–Crippen LogP) is 3.33. The molecular formula is C15H17F3N2O. The number of hydrogen-bond donors (Lipinski definition) is 1. The minimum Gasteiger partial charge on any atom is -0.350 e. The van der Waals surface area contributed by atoms with E-state index in [1.807, 2.05) is 0 Å². The summed E-state index contributed by atoms with van der Waals surface area (Å²) in [6, 6.07) is 3.08. The zero-order valence-corrected chi connectivity index (χ0v) is 11.4. The average molecular weight is 298 g/mol. The molecule has 0 bridgehead atoms. The molecule has 114 valence electrons. The van der Waals surface area contributed by atoms with E-state index in [1.54, 1.807) is 30.6 Å². The molecule has 6 heteroatoms. The largest absolute Gasteiger partial charge is 0.391 e. The zero-order chi connectivity index (χ0) is 15.3. The summed E-state index contributed by atoms with van der Waals surface area (Å²) in [5.74, 6) is -1.67. The van der Waals surface area contributed by atoms with Crippen LogP contribution < -0.4 is 5.32 Å². The summed E-state index contributed by atoms with van der Waals surface area (Å²) in [6.07, 6.45) is 3.20. The summed E-state index contributed by atoms with van der Waals surface area (Å²) >= 11 is 0. The molecular weight excluding hydrogens is 281 g/mol. The lowest BCUT2D eigenvalue weighted by Crippen LogP contribution is -2.41. The van der Waals surface area contributed by atoms with Gasteiger partial charge >= 0.3 is 6.18 Å². The maximum atomic E-state index is 12.7. The molecule has 2 atom stereocenters. The monoisotopic (exact) mass is 298 g/mol. The van der Waals surface area contributed by atoms with Crippen molar-refractivity contribution < 1.29 is 18.0 Å². The number of rotatable bonds is 3. The van der Waals surface area contributed by atoms with Gasteiger partial charge < -0.3 is 5.32 Å². The first-order valence-corrected chi connectivity index (χ1v) is 6.90. The van der Waals surface area contributed by atoms with Crippen molar-refractivity contribution in [2.24, 2.45) is 5.92 Å². The standard InChI is InChI=1S/C15H17F3N2O/c16-15(17,18)12-2-1-3-13(10-12)20-14(21)5-4-11-6-8-19-9-7-11/h4-9,12-13H,1-3,10H2,(H,20,21)/b5-4+. The maximum absolute atomic E-state index is 12.7. The molecule has 1 aliphatic carbocycles. The van der Waals surface area contributed by atoms with Crippen molar-refractivity contribution in [3.8, 4) is 0 Å². The average Bonchev–Trinajstić information content (AvgIpc) is 2.46. The number of aromatic nitrogens is 1. The molecule has 1 fully saturated rings. The number of alkyl halides is 3. The first-order valence-electron chi connectivity index (χ1n) is 6.90. The van der Waals surface area contributed by atoms with Crippen LogP contribution in [0.25, 0.3) is 6.08 Å². The lowest BCUT2D eigenvalue weighted by Gasteiger charge is -2.30. The molecule has 2 rings (SSSR count). The van der Waals surface area contributed by atoms with Gasteiger partial charge in [0.05, 0.1) is 5.92 Å². The number of carbonyl (C=O) groups excluding carboxylic acids is 1. The molecule has 1 N–H and O–H groups in total. The van der Waals surface area contributed by atoms with E-state index in [0.29, 0.717) is 12.8 Å². The highest BCUT2D eigenvalue weighted by Gasteiger charge is 2.42. The predicted molar refractivity (Wildman–Crippen MR) is 73.2 cm³/mol. The smallest absolute Gasteiger partial charge is 0.350 e. The zero-order valence-electron chi connectivity index (χ0n) is 11.4. The minimum absolute atomic E-state index is 0.0294. The van der Waals surface area contributed by atoms with Crippen molar-refractivity contribution in [2.75, 3.05) is 0 Å². The molecule has 1 aromatic heterocycles. The third kappa shape index (κ3) is 4.88. The van der Waals surface area contributed by atoms with Gasteiger partial charge in [0.15, 0.2) is 0 Å². The number of halogens is 3. The van der Waals surface area contributed by atoms with E-state index in [2.05, 4.69) is 10.3 Å². The highest BCUT2D eigenvalue weighted by molar-refractivity contribution is 5.91. The summed E-state index contributed by atoms with van der Waals surface area (Å²) in [7, 11) is 0. The molecule has 1 amide bonds. The molecule has 0 aromatic carbocycles. The Labute approximate surface area is 121 Å². The van der Waals surface area contributed by atoms with Crippen LogP contribution in [0.4, 0.5) is 13.2 Å². The molecule has 1 aliphatic rings. The Kier molecular flexibility index (Phi) is 4.98. The number of nitrogens with one attached hydrogen (secondary N) is 1. The van der Waals surface area contributed by atoms with Gasteiger partial charge in [-0.2, -0.15) is 13.2 Å². The van der Waals surface area contributed by atoms with Crippen molar-refractivity contribution in [2.45, 2.75) is 37.9 Å². The normalized spacial score (nSPS) is 23.2. The molecule has 1 heterocycles. The lowest BCUT2D eigenvalue weighted by atomic mass is 9.85. The fourth-order valence-corrected chi connectivity index (χ4v) is 2.51. The Morgan fingerprint density at radius 3 is 2.67 bits per heavy atom. The van der Waals surface area contributed by atoms with Crippen LogP contribution >= 0.6 is 0 Å². The number of nitrogens with zero attached hydrogens (tertiary/aromatic N) is 1. The van der Waals surface area contributed by atoms with Crippen molar-refractivity contribution in [3.05, 3.63) is 36.2 Å². The van der Waals surface area contributed by atoms with Crippen molar-refractivity contribution in [1.82, 2.24) is 10.3 Å². The quantitative estimate of drug-likeness (QED) is 0.870. The molecule has 0 saturated heterocycles. The van der Waals surface area contributed by atoms with Gasteiger partial charge in [-0.15, -0.1) is 0 Å². The Balaban J connectivity index is 1.86. The fraction of sp³-hybridized carbons (Fsp3) is 0.467. The first kappa shape index (κ1) is 15.5. The Bertz CT molecular complexity index is 499. The van der Waals surface area contributed by atoms with Crippen LogP contribution in [0.5, 0.6) is 0 Å². The second-order valence-electron chi connectivity index (χ2n) is 5.22. The molecule has 0 spiro atoms. The third-order valence-corrected chi connectivity index (χ3v) is 3.62. The fourth-order valence-electron chi connectivity index (χ4n) is 2.51. The molecule has 21 heavy (non-hydrogen) atoms. The van der Waals surface area contributed by atoms with Crippen LogP contribution in [0.2, 0.25) is 0 Å². The van der Waals surface area contributed by atoms with Crippen molar-refractivity contribution >= 4 is 12.0 Å². The Morgan fingerprint density at radius 1 is 1.29 bits per heavy atom. The number of carbonyl (C=O) groups is 1. The molecule has 1 aromatic rings. The second-order valence-corrected chi connectivity index (χ2v) is 5.22. The van der Waals surface area contributed by atoms with Crippen LogP contribution in [0.15, 0.2) is 30.6 Å². The number of amides is 1. The summed E-state index contributed by atoms with van der Waals surface area (Å²) in [6.45, 7) is 0. The highest BCUT2D eigenvalue weighted by atomic mass is 19.4. The van der Waals surface area contributed by atoms with Gasteiger partial charge in [-0.05, 0) is 43.0 Å². The summed E-state index contributed by atoms with van der Waals surface area (Å²) in [5, 5.41) is 2.65. The summed E-state index contributed by atoms with van der Waals surface area (Å²) in [5.41, 5.74) is 0.817. The first-order chi connectivity index (χ1) is 9.95. The van der Waals surface area contributed by atoms with Gasteiger partial charge in [-0.1, -0.05) is 6.42 Å². The van der Waals surface area contributed by atoms with Crippen molar-refractivity contribution in [3.63, 3.8) is 0 Å². The minimum atomic E-state index is -4.17. The van der Waals surface area contributed by atoms with E-state index in [9.17, 15) is 18.0 Å². The van der Waals surface area contributed by atoms with E-state index in [1.165, 1.54) is 6.08 Å². The molecule has 0 aliphatic heterocycles. The van der Waals surface area contributed by atoms with Gasteiger partial charge in [0, 0.05) is 24.5 Å². The van der Waals surface area contributed by atoms with Crippen LogP contribution in [0.3, 0.4) is 0 Å². The van der Waals surface area contributed by atoms with E-state index >= 15 is 0 Å². The van der Waals surface area contributed by atoms with E-state index in [0.717, 1.165) is 5.56 Å². The van der Waals surface area contributed by atoms with Crippen LogP contribution in [-0.4, -0.2) is 23.1 Å².